The van der Waals surface area contributed by atoms with Gasteiger partial charge in [-0.2, -0.15) is 0 Å². The molecule has 0 aromatic carbocycles. The highest BCUT2D eigenvalue weighted by Gasteiger charge is 2.26. The molecule has 2 saturated heterocycles. The fourth-order valence-electron chi connectivity index (χ4n) is 3.24. The molecule has 27 heavy (non-hydrogen) atoms. The summed E-state index contributed by atoms with van der Waals surface area (Å²) in [6.07, 6.45) is 7.30. The Hall–Kier alpha value is -2.74. The number of piperidine rings is 1. The quantitative estimate of drug-likeness (QED) is 0.792. The summed E-state index contributed by atoms with van der Waals surface area (Å²) in [6.45, 7) is 2.53. The Kier molecular flexibility index (Phi) is 5.43. The molecule has 2 aliphatic heterocycles. The van der Waals surface area contributed by atoms with Crippen molar-refractivity contribution in [1.29, 1.82) is 0 Å². The van der Waals surface area contributed by atoms with E-state index in [1.54, 1.807) is 36.8 Å². The Morgan fingerprint density at radius 2 is 1.85 bits per heavy atom. The predicted molar refractivity (Wildman–Crippen MR) is 95.7 cm³/mol. The summed E-state index contributed by atoms with van der Waals surface area (Å²) in [5.74, 6) is 0.454. The van der Waals surface area contributed by atoms with Gasteiger partial charge in [0.15, 0.2) is 0 Å². The van der Waals surface area contributed by atoms with Gasteiger partial charge in [-0.3, -0.25) is 4.79 Å². The van der Waals surface area contributed by atoms with E-state index in [-0.39, 0.29) is 18.1 Å². The molecule has 142 valence electrons. The zero-order valence-corrected chi connectivity index (χ0v) is 15.0. The van der Waals surface area contributed by atoms with Gasteiger partial charge < -0.3 is 19.1 Å². The highest BCUT2D eigenvalue weighted by atomic mass is 16.5. The lowest BCUT2D eigenvalue weighted by Crippen LogP contribution is -2.42. The second kappa shape index (κ2) is 8.30. The Balaban J connectivity index is 1.32. The van der Waals surface area contributed by atoms with Crippen LogP contribution in [-0.4, -0.2) is 64.3 Å². The first-order valence-corrected chi connectivity index (χ1v) is 9.21. The van der Waals surface area contributed by atoms with Crippen LogP contribution in [0, 0.1) is 0 Å². The van der Waals surface area contributed by atoms with E-state index in [2.05, 4.69) is 15.0 Å². The maximum absolute atomic E-state index is 12.8. The largest absolute Gasteiger partial charge is 0.472 e. The molecule has 1 amide bonds. The number of rotatable bonds is 5. The van der Waals surface area contributed by atoms with Gasteiger partial charge in [0, 0.05) is 62.6 Å². The first-order valence-electron chi connectivity index (χ1n) is 9.21. The van der Waals surface area contributed by atoms with Gasteiger partial charge in [0.05, 0.1) is 13.2 Å². The van der Waals surface area contributed by atoms with Crippen molar-refractivity contribution >= 4 is 5.91 Å². The number of ether oxygens (including phenoxy) is 3. The van der Waals surface area contributed by atoms with Crippen LogP contribution in [0.25, 0.3) is 0 Å². The van der Waals surface area contributed by atoms with Gasteiger partial charge >= 0.3 is 6.01 Å². The van der Waals surface area contributed by atoms with Crippen LogP contribution in [0.2, 0.25) is 0 Å². The first kappa shape index (κ1) is 17.7. The molecular weight excluding hydrogens is 348 g/mol. The number of nitrogens with zero attached hydrogens (tertiary/aromatic N) is 4. The smallest absolute Gasteiger partial charge is 0.316 e. The van der Waals surface area contributed by atoms with Crippen LogP contribution in [-0.2, 0) is 4.74 Å². The topological polar surface area (TPSA) is 86.7 Å². The lowest BCUT2D eigenvalue weighted by molar-refractivity contribution is 0.0577. The maximum Gasteiger partial charge on any atom is 0.316 e. The Labute approximate surface area is 157 Å². The van der Waals surface area contributed by atoms with E-state index in [0.29, 0.717) is 43.8 Å². The van der Waals surface area contributed by atoms with Gasteiger partial charge in [0.2, 0.25) is 5.88 Å². The molecule has 1 unspecified atom stereocenters. The molecule has 4 rings (SSSR count). The van der Waals surface area contributed by atoms with Crippen LogP contribution in [0.5, 0.6) is 11.9 Å². The van der Waals surface area contributed by atoms with Crippen molar-refractivity contribution in [2.24, 2.45) is 0 Å². The minimum absolute atomic E-state index is 0.0101. The van der Waals surface area contributed by atoms with Gasteiger partial charge in [0.1, 0.15) is 12.2 Å². The van der Waals surface area contributed by atoms with Crippen LogP contribution in [0.1, 0.15) is 29.6 Å². The lowest BCUT2D eigenvalue weighted by Gasteiger charge is -2.31. The highest BCUT2D eigenvalue weighted by Crippen LogP contribution is 2.20. The molecule has 0 saturated carbocycles. The van der Waals surface area contributed by atoms with E-state index in [4.69, 9.17) is 14.2 Å². The molecule has 0 radical (unpaired) electrons. The second-order valence-electron chi connectivity index (χ2n) is 6.63. The summed E-state index contributed by atoms with van der Waals surface area (Å²) in [4.78, 5) is 27.0. The van der Waals surface area contributed by atoms with E-state index in [9.17, 15) is 4.79 Å². The normalized spacial score (nSPS) is 20.4. The van der Waals surface area contributed by atoms with Crippen molar-refractivity contribution in [3.63, 3.8) is 0 Å². The molecule has 2 aliphatic rings. The van der Waals surface area contributed by atoms with Crippen LogP contribution in [0.15, 0.2) is 36.8 Å². The summed E-state index contributed by atoms with van der Waals surface area (Å²) in [7, 11) is 0. The van der Waals surface area contributed by atoms with Crippen molar-refractivity contribution < 1.29 is 19.0 Å². The third-order valence-electron chi connectivity index (χ3n) is 4.70. The molecule has 1 atom stereocenters. The van der Waals surface area contributed by atoms with Crippen LogP contribution in [0.4, 0.5) is 0 Å². The van der Waals surface area contributed by atoms with Crippen LogP contribution in [0.3, 0.4) is 0 Å². The number of carbonyl (C=O) groups excluding carboxylic acids is 1. The molecule has 2 aromatic heterocycles. The summed E-state index contributed by atoms with van der Waals surface area (Å²) in [5.41, 5.74) is 0.588. The van der Waals surface area contributed by atoms with Crippen molar-refractivity contribution in [1.82, 2.24) is 19.9 Å². The summed E-state index contributed by atoms with van der Waals surface area (Å²) in [5, 5.41) is 0. The van der Waals surface area contributed by atoms with Gasteiger partial charge in [-0.25, -0.2) is 15.0 Å². The number of hydrogen-bond acceptors (Lipinski definition) is 7. The fourth-order valence-corrected chi connectivity index (χ4v) is 3.24. The van der Waals surface area contributed by atoms with E-state index in [1.165, 1.54) is 0 Å². The van der Waals surface area contributed by atoms with Gasteiger partial charge in [-0.05, 0) is 12.1 Å². The third kappa shape index (κ3) is 4.51. The average molecular weight is 370 g/mol. The van der Waals surface area contributed by atoms with Crippen LogP contribution >= 0.6 is 0 Å². The lowest BCUT2D eigenvalue weighted by atomic mass is 10.1. The van der Waals surface area contributed by atoms with Crippen molar-refractivity contribution in [3.05, 3.63) is 42.4 Å². The summed E-state index contributed by atoms with van der Waals surface area (Å²) >= 11 is 0. The first-order chi connectivity index (χ1) is 13.3. The van der Waals surface area contributed by atoms with Gasteiger partial charge in [0.25, 0.3) is 5.91 Å². The molecule has 0 aliphatic carbocycles. The molecule has 2 aromatic rings. The van der Waals surface area contributed by atoms with Gasteiger partial charge in [-0.15, -0.1) is 0 Å². The number of hydrogen-bond donors (Lipinski definition) is 0. The zero-order chi connectivity index (χ0) is 18.5. The molecule has 2 fully saturated rings. The predicted octanol–water partition coefficient (Wildman–Crippen LogP) is 1.72. The van der Waals surface area contributed by atoms with Crippen LogP contribution < -0.4 is 9.47 Å². The molecule has 0 bridgehead atoms. The highest BCUT2D eigenvalue weighted by molar-refractivity contribution is 5.94. The summed E-state index contributed by atoms with van der Waals surface area (Å²) in [6, 6.07) is 5.57. The fraction of sp³-hybridized carbons (Fsp3) is 0.474. The van der Waals surface area contributed by atoms with E-state index in [1.807, 2.05) is 4.90 Å². The monoisotopic (exact) mass is 370 g/mol. The Morgan fingerprint density at radius 1 is 1.04 bits per heavy atom. The number of aromatic nitrogens is 3. The summed E-state index contributed by atoms with van der Waals surface area (Å²) < 4.78 is 16.9. The number of carbonyl (C=O) groups is 1. The van der Waals surface area contributed by atoms with Crippen molar-refractivity contribution in [2.75, 3.05) is 26.3 Å². The third-order valence-corrected chi connectivity index (χ3v) is 4.70. The second-order valence-corrected chi connectivity index (χ2v) is 6.63. The van der Waals surface area contributed by atoms with E-state index < -0.39 is 0 Å². The Bertz CT molecular complexity index is 759. The standard InChI is InChI=1S/C19H22N4O4/c24-18(14-2-8-20-17(12-14)26-16-5-11-25-13-16)23-9-3-15(4-10-23)27-19-21-6-1-7-22-19/h1-2,6-8,12,15-16H,3-5,9-11,13H2. The van der Waals surface area contributed by atoms with E-state index in [0.717, 1.165) is 19.3 Å². The minimum atomic E-state index is -0.0145. The van der Waals surface area contributed by atoms with Crippen molar-refractivity contribution in [3.8, 4) is 11.9 Å². The molecule has 8 heteroatoms. The Morgan fingerprint density at radius 3 is 2.59 bits per heavy atom. The average Bonchev–Trinajstić information content (AvgIpc) is 3.22. The van der Waals surface area contributed by atoms with E-state index >= 15 is 0 Å². The SMILES string of the molecule is O=C(c1ccnc(OC2CCOC2)c1)N1CCC(Oc2ncccn2)CC1. The number of amides is 1. The minimum Gasteiger partial charge on any atom is -0.472 e. The zero-order valence-electron chi connectivity index (χ0n) is 15.0. The molecule has 4 heterocycles. The van der Waals surface area contributed by atoms with Crippen molar-refractivity contribution in [2.45, 2.75) is 31.5 Å². The number of pyridine rings is 1. The molecule has 0 spiro atoms. The number of likely N-dealkylation sites (tertiary alicyclic amines) is 1. The maximum atomic E-state index is 12.8. The molecule has 8 nitrogen and oxygen atoms in total. The molecular formula is C19H22N4O4. The molecule has 0 N–H and O–H groups in total. The van der Waals surface area contributed by atoms with Gasteiger partial charge in [-0.1, -0.05) is 0 Å².